The van der Waals surface area contributed by atoms with E-state index < -0.39 is 6.04 Å². The highest BCUT2D eigenvalue weighted by molar-refractivity contribution is 5.77. The molecule has 1 heterocycles. The number of hydrogen-bond donors (Lipinski definition) is 1. The summed E-state index contributed by atoms with van der Waals surface area (Å²) in [5.74, 6) is 0.248. The zero-order valence-electron chi connectivity index (χ0n) is 11.3. The zero-order valence-corrected chi connectivity index (χ0v) is 11.3. The summed E-state index contributed by atoms with van der Waals surface area (Å²) < 4.78 is 10.0. The first-order chi connectivity index (χ1) is 9.81. The third-order valence-electron chi connectivity index (χ3n) is 2.75. The first-order valence-electron chi connectivity index (χ1n) is 6.51. The molecule has 6 nitrogen and oxygen atoms in total. The summed E-state index contributed by atoms with van der Waals surface area (Å²) in [7, 11) is 0. The van der Waals surface area contributed by atoms with Gasteiger partial charge in [-0.1, -0.05) is 35.5 Å². The second kappa shape index (κ2) is 7.40. The van der Waals surface area contributed by atoms with Crippen LogP contribution < -0.4 is 5.32 Å². The third kappa shape index (κ3) is 3.89. The lowest BCUT2D eigenvalue weighted by atomic mass is 10.1. The van der Waals surface area contributed by atoms with Gasteiger partial charge in [-0.3, -0.25) is 0 Å². The van der Waals surface area contributed by atoms with E-state index in [-0.39, 0.29) is 5.97 Å². The molecule has 0 aliphatic carbocycles. The molecule has 0 fully saturated rings. The minimum atomic E-state index is -0.487. The average Bonchev–Trinajstić information content (AvgIpc) is 2.98. The van der Waals surface area contributed by atoms with E-state index >= 15 is 0 Å². The smallest absolute Gasteiger partial charge is 0.327 e. The molecule has 0 aliphatic rings. The van der Waals surface area contributed by atoms with Crippen LogP contribution in [0.4, 0.5) is 0 Å². The summed E-state index contributed by atoms with van der Waals surface area (Å²) in [5, 5.41) is 6.69. The summed E-state index contributed by atoms with van der Waals surface area (Å²) in [6.45, 7) is 2.69. The number of nitrogens with zero attached hydrogens (tertiary/aromatic N) is 2. The SMILES string of the molecule is CCOC(=O)C(NCCc1ncno1)c1ccccc1. The van der Waals surface area contributed by atoms with Crippen molar-refractivity contribution in [2.45, 2.75) is 19.4 Å². The number of carbonyl (C=O) groups excluding carboxylic acids is 1. The molecule has 1 aromatic carbocycles. The molecule has 20 heavy (non-hydrogen) atoms. The van der Waals surface area contributed by atoms with E-state index in [1.54, 1.807) is 6.92 Å². The Morgan fingerprint density at radius 2 is 2.20 bits per heavy atom. The van der Waals surface area contributed by atoms with E-state index in [2.05, 4.69) is 15.5 Å². The van der Waals surface area contributed by atoms with Gasteiger partial charge in [0.2, 0.25) is 5.89 Å². The monoisotopic (exact) mass is 275 g/mol. The molecule has 1 aromatic heterocycles. The Hall–Kier alpha value is -2.21. The molecule has 0 radical (unpaired) electrons. The topological polar surface area (TPSA) is 77.2 Å². The molecule has 0 bridgehead atoms. The molecular formula is C14H17N3O3. The Labute approximate surface area is 117 Å². The molecule has 0 amide bonds. The lowest BCUT2D eigenvalue weighted by Crippen LogP contribution is -2.31. The standard InChI is InChI=1S/C14H17N3O3/c1-2-19-14(18)13(11-6-4-3-5-7-11)15-9-8-12-16-10-17-20-12/h3-7,10,13,15H,2,8-9H2,1H3. The van der Waals surface area contributed by atoms with Crippen molar-refractivity contribution in [3.05, 3.63) is 48.1 Å². The van der Waals surface area contributed by atoms with Gasteiger partial charge in [0.15, 0.2) is 6.33 Å². The summed E-state index contributed by atoms with van der Waals surface area (Å²) >= 11 is 0. The second-order valence-electron chi connectivity index (χ2n) is 4.13. The van der Waals surface area contributed by atoms with Crippen molar-refractivity contribution < 1.29 is 14.1 Å². The first-order valence-corrected chi connectivity index (χ1v) is 6.51. The van der Waals surface area contributed by atoms with Crippen molar-refractivity contribution in [3.63, 3.8) is 0 Å². The van der Waals surface area contributed by atoms with Crippen molar-refractivity contribution in [2.24, 2.45) is 0 Å². The van der Waals surface area contributed by atoms with Gasteiger partial charge in [-0.2, -0.15) is 4.98 Å². The zero-order chi connectivity index (χ0) is 14.2. The van der Waals surface area contributed by atoms with E-state index in [0.29, 0.717) is 25.5 Å². The molecule has 1 N–H and O–H groups in total. The molecule has 106 valence electrons. The molecule has 1 unspecified atom stereocenters. The predicted octanol–water partition coefficient (Wildman–Crippen LogP) is 1.51. The predicted molar refractivity (Wildman–Crippen MR) is 71.8 cm³/mol. The molecule has 1 atom stereocenters. The summed E-state index contributed by atoms with van der Waals surface area (Å²) in [6.07, 6.45) is 1.91. The maximum atomic E-state index is 12.0. The highest BCUT2D eigenvalue weighted by Crippen LogP contribution is 2.14. The molecule has 0 spiro atoms. The summed E-state index contributed by atoms with van der Waals surface area (Å²) in [5.41, 5.74) is 0.872. The first kappa shape index (κ1) is 14.2. The Morgan fingerprint density at radius 3 is 2.85 bits per heavy atom. The molecule has 2 aromatic rings. The lowest BCUT2D eigenvalue weighted by Gasteiger charge is -2.17. The number of aromatic nitrogens is 2. The second-order valence-corrected chi connectivity index (χ2v) is 4.13. The maximum Gasteiger partial charge on any atom is 0.327 e. The largest absolute Gasteiger partial charge is 0.465 e. The fourth-order valence-corrected chi connectivity index (χ4v) is 1.84. The van der Waals surface area contributed by atoms with Crippen LogP contribution in [0.15, 0.2) is 41.2 Å². The Balaban J connectivity index is 1.97. The van der Waals surface area contributed by atoms with Gasteiger partial charge in [0.05, 0.1) is 6.61 Å². The summed E-state index contributed by atoms with van der Waals surface area (Å²) in [6, 6.07) is 8.98. The van der Waals surface area contributed by atoms with Gasteiger partial charge in [-0.25, -0.2) is 4.79 Å². The van der Waals surface area contributed by atoms with Crippen molar-refractivity contribution in [2.75, 3.05) is 13.2 Å². The van der Waals surface area contributed by atoms with Crippen LogP contribution in [0, 0.1) is 0 Å². The fraction of sp³-hybridized carbons (Fsp3) is 0.357. The molecule has 0 aliphatic heterocycles. The minimum Gasteiger partial charge on any atom is -0.465 e. The summed E-state index contributed by atoms with van der Waals surface area (Å²) in [4.78, 5) is 15.9. The number of hydrogen-bond acceptors (Lipinski definition) is 6. The molecule has 0 saturated heterocycles. The highest BCUT2D eigenvalue weighted by Gasteiger charge is 2.21. The fourth-order valence-electron chi connectivity index (χ4n) is 1.84. The van der Waals surface area contributed by atoms with Crippen molar-refractivity contribution in [3.8, 4) is 0 Å². The van der Waals surface area contributed by atoms with E-state index in [0.717, 1.165) is 5.56 Å². The Morgan fingerprint density at radius 1 is 1.40 bits per heavy atom. The van der Waals surface area contributed by atoms with E-state index in [1.807, 2.05) is 30.3 Å². The van der Waals surface area contributed by atoms with E-state index in [4.69, 9.17) is 9.26 Å². The quantitative estimate of drug-likeness (QED) is 0.772. The lowest BCUT2D eigenvalue weighted by molar-refractivity contribution is -0.145. The highest BCUT2D eigenvalue weighted by atomic mass is 16.5. The van der Waals surface area contributed by atoms with Gasteiger partial charge in [0.1, 0.15) is 6.04 Å². The van der Waals surface area contributed by atoms with Crippen LogP contribution in [0.25, 0.3) is 0 Å². The number of benzene rings is 1. The molecule has 6 heteroatoms. The van der Waals surface area contributed by atoms with E-state index in [9.17, 15) is 4.79 Å². The van der Waals surface area contributed by atoms with Crippen LogP contribution in [0.1, 0.15) is 24.4 Å². The van der Waals surface area contributed by atoms with Crippen molar-refractivity contribution in [1.82, 2.24) is 15.5 Å². The number of carbonyl (C=O) groups is 1. The number of rotatable bonds is 7. The number of esters is 1. The Bertz CT molecular complexity index is 514. The van der Waals surface area contributed by atoms with E-state index in [1.165, 1.54) is 6.33 Å². The number of nitrogens with one attached hydrogen (secondary N) is 1. The van der Waals surface area contributed by atoms with Crippen LogP contribution in [0.3, 0.4) is 0 Å². The molecule has 2 rings (SSSR count). The van der Waals surface area contributed by atoms with Crippen LogP contribution >= 0.6 is 0 Å². The Kier molecular flexibility index (Phi) is 5.25. The molecule has 0 saturated carbocycles. The maximum absolute atomic E-state index is 12.0. The number of ether oxygens (including phenoxy) is 1. The van der Waals surface area contributed by atoms with Crippen LogP contribution in [0.2, 0.25) is 0 Å². The van der Waals surface area contributed by atoms with Crippen LogP contribution in [-0.4, -0.2) is 29.3 Å². The van der Waals surface area contributed by atoms with Gasteiger partial charge in [-0.15, -0.1) is 0 Å². The van der Waals surface area contributed by atoms with Gasteiger partial charge in [0.25, 0.3) is 0 Å². The average molecular weight is 275 g/mol. The van der Waals surface area contributed by atoms with Gasteiger partial charge in [0, 0.05) is 13.0 Å². The van der Waals surface area contributed by atoms with Crippen molar-refractivity contribution in [1.29, 1.82) is 0 Å². The van der Waals surface area contributed by atoms with Crippen LogP contribution in [0.5, 0.6) is 0 Å². The van der Waals surface area contributed by atoms with Crippen molar-refractivity contribution >= 4 is 5.97 Å². The third-order valence-corrected chi connectivity index (χ3v) is 2.75. The van der Waals surface area contributed by atoms with Gasteiger partial charge in [-0.05, 0) is 12.5 Å². The minimum absolute atomic E-state index is 0.288. The van der Waals surface area contributed by atoms with Crippen LogP contribution in [-0.2, 0) is 16.0 Å². The van der Waals surface area contributed by atoms with Gasteiger partial charge >= 0.3 is 5.97 Å². The molecular weight excluding hydrogens is 258 g/mol. The van der Waals surface area contributed by atoms with Gasteiger partial charge < -0.3 is 14.6 Å². The normalized spacial score (nSPS) is 12.1.